The van der Waals surface area contributed by atoms with Crippen LogP contribution in [0.3, 0.4) is 0 Å². The Kier molecular flexibility index (Phi) is 3.92. The summed E-state index contributed by atoms with van der Waals surface area (Å²) in [7, 11) is -3.62. The first kappa shape index (κ1) is 15.1. The quantitative estimate of drug-likeness (QED) is 0.928. The van der Waals surface area contributed by atoms with Crippen LogP contribution in [0.15, 0.2) is 33.7 Å². The van der Waals surface area contributed by atoms with Gasteiger partial charge in [-0.05, 0) is 31.9 Å². The molecule has 0 unspecified atom stereocenters. The Labute approximate surface area is 129 Å². The summed E-state index contributed by atoms with van der Waals surface area (Å²) in [6.07, 6.45) is 0.792. The molecule has 118 valence electrons. The van der Waals surface area contributed by atoms with E-state index in [4.69, 9.17) is 9.26 Å². The monoisotopic (exact) mass is 322 g/mol. The van der Waals surface area contributed by atoms with Gasteiger partial charge in [0.25, 0.3) is 0 Å². The van der Waals surface area contributed by atoms with Crippen LogP contribution in [0.2, 0.25) is 0 Å². The molecule has 0 saturated carbocycles. The number of nitrogens with zero attached hydrogens (tertiary/aromatic N) is 1. The van der Waals surface area contributed by atoms with Gasteiger partial charge in [-0.3, -0.25) is 0 Å². The Balaban J connectivity index is 1.69. The van der Waals surface area contributed by atoms with Gasteiger partial charge in [-0.25, -0.2) is 13.1 Å². The van der Waals surface area contributed by atoms with E-state index >= 15 is 0 Å². The van der Waals surface area contributed by atoms with E-state index in [-0.39, 0.29) is 10.8 Å². The summed E-state index contributed by atoms with van der Waals surface area (Å²) in [5, 5.41) is 3.69. The molecule has 0 amide bonds. The van der Waals surface area contributed by atoms with Crippen molar-refractivity contribution < 1.29 is 17.7 Å². The SMILES string of the molecule is Cc1noc(C)c1S(=O)(=O)NC[C@H]1COc2ccccc2C1. The zero-order valence-corrected chi connectivity index (χ0v) is 13.3. The summed E-state index contributed by atoms with van der Waals surface area (Å²) in [5.74, 6) is 1.28. The molecule has 6 nitrogen and oxygen atoms in total. The molecule has 0 radical (unpaired) electrons. The van der Waals surface area contributed by atoms with E-state index in [2.05, 4.69) is 9.88 Å². The van der Waals surface area contributed by atoms with E-state index in [0.717, 1.165) is 17.7 Å². The summed E-state index contributed by atoms with van der Waals surface area (Å²) in [6.45, 7) is 4.03. The Morgan fingerprint density at radius 1 is 1.32 bits per heavy atom. The molecule has 1 atom stereocenters. The maximum absolute atomic E-state index is 12.4. The molecule has 1 N–H and O–H groups in total. The highest BCUT2D eigenvalue weighted by Gasteiger charge is 2.26. The van der Waals surface area contributed by atoms with Crippen LogP contribution in [0.4, 0.5) is 0 Å². The van der Waals surface area contributed by atoms with Crippen LogP contribution < -0.4 is 9.46 Å². The zero-order valence-electron chi connectivity index (χ0n) is 12.5. The summed E-state index contributed by atoms with van der Waals surface area (Å²) >= 11 is 0. The largest absolute Gasteiger partial charge is 0.493 e. The molecule has 0 fully saturated rings. The van der Waals surface area contributed by atoms with Crippen LogP contribution in [0, 0.1) is 19.8 Å². The second kappa shape index (κ2) is 5.73. The molecular weight excluding hydrogens is 304 g/mol. The fourth-order valence-electron chi connectivity index (χ4n) is 2.68. The van der Waals surface area contributed by atoms with Crippen molar-refractivity contribution in [1.29, 1.82) is 0 Å². The molecule has 2 aromatic rings. The van der Waals surface area contributed by atoms with Crippen molar-refractivity contribution in [3.05, 3.63) is 41.3 Å². The van der Waals surface area contributed by atoms with Crippen molar-refractivity contribution in [3.8, 4) is 5.75 Å². The third-order valence-corrected chi connectivity index (χ3v) is 5.42. The number of sulfonamides is 1. The lowest BCUT2D eigenvalue weighted by Crippen LogP contribution is -2.35. The van der Waals surface area contributed by atoms with Crippen LogP contribution in [0.5, 0.6) is 5.75 Å². The lowest BCUT2D eigenvalue weighted by molar-refractivity contribution is 0.223. The molecule has 1 aliphatic rings. The third-order valence-electron chi connectivity index (χ3n) is 3.75. The number of fused-ring (bicyclic) bond motifs is 1. The van der Waals surface area contributed by atoms with Crippen LogP contribution in [-0.2, 0) is 16.4 Å². The van der Waals surface area contributed by atoms with Gasteiger partial charge in [0.2, 0.25) is 10.0 Å². The number of hydrogen-bond donors (Lipinski definition) is 1. The van der Waals surface area contributed by atoms with E-state index in [9.17, 15) is 8.42 Å². The van der Waals surface area contributed by atoms with Gasteiger partial charge in [0, 0.05) is 12.5 Å². The molecule has 0 saturated heterocycles. The first-order valence-electron chi connectivity index (χ1n) is 7.10. The topological polar surface area (TPSA) is 81.4 Å². The smallest absolute Gasteiger partial charge is 0.245 e. The normalized spacial score (nSPS) is 17.8. The van der Waals surface area contributed by atoms with E-state index in [1.807, 2.05) is 24.3 Å². The fourth-order valence-corrected chi connectivity index (χ4v) is 4.12. The number of para-hydroxylation sites is 1. The van der Waals surface area contributed by atoms with Gasteiger partial charge in [0.1, 0.15) is 16.3 Å². The minimum Gasteiger partial charge on any atom is -0.493 e. The van der Waals surface area contributed by atoms with Crippen molar-refractivity contribution in [1.82, 2.24) is 9.88 Å². The molecule has 7 heteroatoms. The molecule has 22 heavy (non-hydrogen) atoms. The molecule has 1 aromatic carbocycles. The Bertz CT molecular complexity index is 763. The van der Waals surface area contributed by atoms with Gasteiger partial charge < -0.3 is 9.26 Å². The van der Waals surface area contributed by atoms with Gasteiger partial charge in [-0.2, -0.15) is 0 Å². The van der Waals surface area contributed by atoms with Crippen LogP contribution in [0.1, 0.15) is 17.0 Å². The number of aromatic nitrogens is 1. The molecule has 0 spiro atoms. The highest BCUT2D eigenvalue weighted by molar-refractivity contribution is 7.89. The van der Waals surface area contributed by atoms with Crippen LogP contribution >= 0.6 is 0 Å². The first-order chi connectivity index (χ1) is 10.5. The maximum Gasteiger partial charge on any atom is 0.245 e. The lowest BCUT2D eigenvalue weighted by atomic mass is 9.97. The highest BCUT2D eigenvalue weighted by Crippen LogP contribution is 2.27. The molecule has 3 rings (SSSR count). The van der Waals surface area contributed by atoms with E-state index in [0.29, 0.717) is 24.6 Å². The highest BCUT2D eigenvalue weighted by atomic mass is 32.2. The number of hydrogen-bond acceptors (Lipinski definition) is 5. The van der Waals surface area contributed by atoms with Crippen molar-refractivity contribution in [2.75, 3.05) is 13.2 Å². The Morgan fingerprint density at radius 2 is 2.09 bits per heavy atom. The summed E-state index contributed by atoms with van der Waals surface area (Å²) in [5.41, 5.74) is 1.48. The predicted molar refractivity (Wildman–Crippen MR) is 80.3 cm³/mol. The number of nitrogens with one attached hydrogen (secondary N) is 1. The molecule has 0 aliphatic carbocycles. The number of aryl methyl sites for hydroxylation is 2. The number of ether oxygens (including phenoxy) is 1. The fraction of sp³-hybridized carbons (Fsp3) is 0.400. The average molecular weight is 322 g/mol. The maximum atomic E-state index is 12.4. The van der Waals surface area contributed by atoms with Crippen molar-refractivity contribution in [2.45, 2.75) is 25.2 Å². The lowest BCUT2D eigenvalue weighted by Gasteiger charge is -2.25. The van der Waals surface area contributed by atoms with E-state index in [1.54, 1.807) is 13.8 Å². The average Bonchev–Trinajstić information content (AvgIpc) is 2.85. The van der Waals surface area contributed by atoms with E-state index in [1.165, 1.54) is 0 Å². The molecule has 2 heterocycles. The standard InChI is InChI=1S/C15H18N2O4S/c1-10-15(11(2)21-17-10)22(18,19)16-8-12-7-13-5-3-4-6-14(13)20-9-12/h3-6,12,16H,7-9H2,1-2H3/t12-/m0/s1. The Morgan fingerprint density at radius 3 is 2.82 bits per heavy atom. The summed E-state index contributed by atoms with van der Waals surface area (Å²) < 4.78 is 38.0. The molecule has 0 bridgehead atoms. The number of benzene rings is 1. The minimum atomic E-state index is -3.62. The van der Waals surface area contributed by atoms with Crippen LogP contribution in [-0.4, -0.2) is 26.7 Å². The Hall–Kier alpha value is -1.86. The molecular formula is C15H18N2O4S. The second-order valence-corrected chi connectivity index (χ2v) is 7.20. The summed E-state index contributed by atoms with van der Waals surface area (Å²) in [6, 6.07) is 7.82. The molecule has 1 aromatic heterocycles. The van der Waals surface area contributed by atoms with Crippen LogP contribution in [0.25, 0.3) is 0 Å². The van der Waals surface area contributed by atoms with Crippen molar-refractivity contribution in [3.63, 3.8) is 0 Å². The van der Waals surface area contributed by atoms with Crippen molar-refractivity contribution >= 4 is 10.0 Å². The zero-order chi connectivity index (χ0) is 15.7. The van der Waals surface area contributed by atoms with Gasteiger partial charge >= 0.3 is 0 Å². The minimum absolute atomic E-state index is 0.102. The van der Waals surface area contributed by atoms with Gasteiger partial charge in [0.05, 0.1) is 6.61 Å². The van der Waals surface area contributed by atoms with Crippen molar-refractivity contribution in [2.24, 2.45) is 5.92 Å². The number of rotatable bonds is 4. The van der Waals surface area contributed by atoms with Gasteiger partial charge in [0.15, 0.2) is 5.76 Å². The summed E-state index contributed by atoms with van der Waals surface area (Å²) in [4.78, 5) is 0.129. The predicted octanol–water partition coefficient (Wildman–Crippen LogP) is 1.82. The molecule has 1 aliphatic heterocycles. The van der Waals surface area contributed by atoms with Gasteiger partial charge in [-0.1, -0.05) is 23.4 Å². The third kappa shape index (κ3) is 2.86. The first-order valence-corrected chi connectivity index (χ1v) is 8.59. The van der Waals surface area contributed by atoms with Gasteiger partial charge in [-0.15, -0.1) is 0 Å². The second-order valence-electron chi connectivity index (χ2n) is 5.49. The van der Waals surface area contributed by atoms with E-state index < -0.39 is 10.0 Å².